The third kappa shape index (κ3) is 5.06. The second-order valence-corrected chi connectivity index (χ2v) is 4.37. The van der Waals surface area contributed by atoms with E-state index >= 15 is 0 Å². The second-order valence-electron chi connectivity index (χ2n) is 3.53. The third-order valence-electron chi connectivity index (χ3n) is 2.08. The van der Waals surface area contributed by atoms with Crippen molar-refractivity contribution in [1.82, 2.24) is 5.32 Å². The minimum Gasteiger partial charge on any atom is -0.492 e. The van der Waals surface area contributed by atoms with E-state index in [0.29, 0.717) is 22.4 Å². The van der Waals surface area contributed by atoms with E-state index in [1.54, 1.807) is 18.2 Å². The molecule has 0 aliphatic heterocycles. The van der Waals surface area contributed by atoms with Crippen molar-refractivity contribution in [1.29, 1.82) is 0 Å². The molecule has 0 saturated heterocycles. The van der Waals surface area contributed by atoms with Crippen LogP contribution in [0.3, 0.4) is 0 Å². The van der Waals surface area contributed by atoms with Crippen molar-refractivity contribution >= 4 is 23.2 Å². The summed E-state index contributed by atoms with van der Waals surface area (Å²) in [5, 5.41) is 4.55. The van der Waals surface area contributed by atoms with E-state index in [1.165, 1.54) is 0 Å². The van der Waals surface area contributed by atoms with Crippen molar-refractivity contribution in [2.45, 2.75) is 19.8 Å². The number of benzene rings is 1. The van der Waals surface area contributed by atoms with Gasteiger partial charge in [-0.05, 0) is 38.1 Å². The molecule has 4 heteroatoms. The quantitative estimate of drug-likeness (QED) is 0.755. The minimum atomic E-state index is 0.603. The summed E-state index contributed by atoms with van der Waals surface area (Å²) in [5.41, 5.74) is 0. The van der Waals surface area contributed by atoms with Crippen LogP contribution in [0.4, 0.5) is 0 Å². The van der Waals surface area contributed by atoms with Gasteiger partial charge in [-0.1, -0.05) is 30.1 Å². The van der Waals surface area contributed by atoms with Gasteiger partial charge in [-0.3, -0.25) is 0 Å². The Morgan fingerprint density at radius 2 is 2.06 bits per heavy atom. The first-order valence-electron chi connectivity index (χ1n) is 5.52. The SMILES string of the molecule is CCCNCCCOc1cc(Cl)ccc1Cl. The van der Waals surface area contributed by atoms with Crippen molar-refractivity contribution in [3.8, 4) is 5.75 Å². The summed E-state index contributed by atoms with van der Waals surface area (Å²) in [6, 6.07) is 5.23. The molecule has 0 bridgehead atoms. The molecule has 1 N–H and O–H groups in total. The fraction of sp³-hybridized carbons (Fsp3) is 0.500. The van der Waals surface area contributed by atoms with Crippen LogP contribution in [0.15, 0.2) is 18.2 Å². The Balaban J connectivity index is 2.23. The van der Waals surface area contributed by atoms with E-state index in [1.807, 2.05) is 0 Å². The topological polar surface area (TPSA) is 21.3 Å². The standard InChI is InChI=1S/C12H17Cl2NO/c1-2-6-15-7-3-8-16-12-9-10(13)4-5-11(12)14/h4-5,9,15H,2-3,6-8H2,1H3. The molecule has 0 aliphatic carbocycles. The molecule has 1 aromatic rings. The Kier molecular flexibility index (Phi) is 6.62. The molecule has 0 heterocycles. The molecule has 1 aromatic carbocycles. The lowest BCUT2D eigenvalue weighted by atomic mass is 10.3. The van der Waals surface area contributed by atoms with Gasteiger partial charge in [-0.15, -0.1) is 0 Å². The molecule has 2 nitrogen and oxygen atoms in total. The first-order valence-corrected chi connectivity index (χ1v) is 6.28. The maximum atomic E-state index is 5.96. The van der Waals surface area contributed by atoms with Crippen molar-refractivity contribution in [3.63, 3.8) is 0 Å². The molecule has 0 unspecified atom stereocenters. The van der Waals surface area contributed by atoms with Crippen LogP contribution in [-0.4, -0.2) is 19.7 Å². The van der Waals surface area contributed by atoms with Gasteiger partial charge in [0.1, 0.15) is 5.75 Å². The van der Waals surface area contributed by atoms with E-state index in [0.717, 1.165) is 25.9 Å². The molecule has 0 atom stereocenters. The minimum absolute atomic E-state index is 0.603. The van der Waals surface area contributed by atoms with Gasteiger partial charge in [0, 0.05) is 11.1 Å². The lowest BCUT2D eigenvalue weighted by Gasteiger charge is -2.08. The van der Waals surface area contributed by atoms with Gasteiger partial charge in [-0.25, -0.2) is 0 Å². The van der Waals surface area contributed by atoms with Crippen LogP contribution in [0.25, 0.3) is 0 Å². The highest BCUT2D eigenvalue weighted by molar-refractivity contribution is 6.34. The Morgan fingerprint density at radius 1 is 1.25 bits per heavy atom. The van der Waals surface area contributed by atoms with Crippen LogP contribution < -0.4 is 10.1 Å². The Hall–Kier alpha value is -0.440. The highest BCUT2D eigenvalue weighted by atomic mass is 35.5. The lowest BCUT2D eigenvalue weighted by Crippen LogP contribution is -2.18. The summed E-state index contributed by atoms with van der Waals surface area (Å²) in [7, 11) is 0. The molecule has 0 saturated carbocycles. The van der Waals surface area contributed by atoms with Gasteiger partial charge in [0.25, 0.3) is 0 Å². The van der Waals surface area contributed by atoms with Gasteiger partial charge in [0.15, 0.2) is 0 Å². The van der Waals surface area contributed by atoms with Crippen molar-refractivity contribution < 1.29 is 4.74 Å². The van der Waals surface area contributed by atoms with E-state index < -0.39 is 0 Å². The zero-order chi connectivity index (χ0) is 11.8. The number of hydrogen-bond acceptors (Lipinski definition) is 2. The van der Waals surface area contributed by atoms with Crippen LogP contribution in [0.2, 0.25) is 10.0 Å². The Bertz CT molecular complexity index is 318. The smallest absolute Gasteiger partial charge is 0.139 e. The van der Waals surface area contributed by atoms with Crippen LogP contribution in [0.5, 0.6) is 5.75 Å². The molecule has 0 aromatic heterocycles. The molecular formula is C12H17Cl2NO. The van der Waals surface area contributed by atoms with Crippen molar-refractivity contribution in [3.05, 3.63) is 28.2 Å². The highest BCUT2D eigenvalue weighted by Gasteiger charge is 2.01. The van der Waals surface area contributed by atoms with E-state index in [4.69, 9.17) is 27.9 Å². The van der Waals surface area contributed by atoms with Crippen molar-refractivity contribution in [2.75, 3.05) is 19.7 Å². The number of halogens is 2. The summed E-state index contributed by atoms with van der Waals surface area (Å²) < 4.78 is 5.54. The van der Waals surface area contributed by atoms with Gasteiger partial charge in [0.2, 0.25) is 0 Å². The average molecular weight is 262 g/mol. The number of hydrogen-bond donors (Lipinski definition) is 1. The Morgan fingerprint density at radius 3 is 2.81 bits per heavy atom. The molecule has 0 radical (unpaired) electrons. The predicted octanol–water partition coefficient (Wildman–Crippen LogP) is 3.76. The lowest BCUT2D eigenvalue weighted by molar-refractivity contribution is 0.308. The molecule has 90 valence electrons. The fourth-order valence-electron chi connectivity index (χ4n) is 1.27. The summed E-state index contributed by atoms with van der Waals surface area (Å²) >= 11 is 11.8. The first kappa shape index (κ1) is 13.6. The van der Waals surface area contributed by atoms with E-state index in [2.05, 4.69) is 12.2 Å². The summed E-state index contributed by atoms with van der Waals surface area (Å²) in [4.78, 5) is 0. The summed E-state index contributed by atoms with van der Waals surface area (Å²) in [6.45, 7) is 4.82. The van der Waals surface area contributed by atoms with Crippen LogP contribution in [0, 0.1) is 0 Å². The van der Waals surface area contributed by atoms with Gasteiger partial charge in [0.05, 0.1) is 11.6 Å². The van der Waals surface area contributed by atoms with Gasteiger partial charge >= 0.3 is 0 Å². The maximum absolute atomic E-state index is 5.96. The largest absolute Gasteiger partial charge is 0.492 e. The van der Waals surface area contributed by atoms with Crippen LogP contribution in [0.1, 0.15) is 19.8 Å². The highest BCUT2D eigenvalue weighted by Crippen LogP contribution is 2.27. The second kappa shape index (κ2) is 7.77. The van der Waals surface area contributed by atoms with E-state index in [9.17, 15) is 0 Å². The van der Waals surface area contributed by atoms with Gasteiger partial charge in [-0.2, -0.15) is 0 Å². The van der Waals surface area contributed by atoms with Gasteiger partial charge < -0.3 is 10.1 Å². The zero-order valence-corrected chi connectivity index (χ0v) is 10.9. The number of nitrogens with one attached hydrogen (secondary N) is 1. The zero-order valence-electron chi connectivity index (χ0n) is 9.43. The fourth-order valence-corrected chi connectivity index (χ4v) is 1.60. The summed E-state index contributed by atoms with van der Waals surface area (Å²) in [5.74, 6) is 0.657. The maximum Gasteiger partial charge on any atom is 0.139 e. The molecular weight excluding hydrogens is 245 g/mol. The molecule has 0 spiro atoms. The van der Waals surface area contributed by atoms with Crippen LogP contribution >= 0.6 is 23.2 Å². The Labute approximate surface area is 107 Å². The predicted molar refractivity (Wildman–Crippen MR) is 69.7 cm³/mol. The molecule has 0 amide bonds. The molecule has 0 fully saturated rings. The summed E-state index contributed by atoms with van der Waals surface area (Å²) in [6.07, 6.45) is 2.11. The molecule has 0 aliphatic rings. The average Bonchev–Trinajstić information content (AvgIpc) is 2.28. The monoisotopic (exact) mass is 261 g/mol. The molecule has 1 rings (SSSR count). The number of ether oxygens (including phenoxy) is 1. The van der Waals surface area contributed by atoms with Crippen LogP contribution in [-0.2, 0) is 0 Å². The molecule has 16 heavy (non-hydrogen) atoms. The number of rotatable bonds is 7. The van der Waals surface area contributed by atoms with E-state index in [-0.39, 0.29) is 0 Å². The first-order chi connectivity index (χ1) is 7.74. The van der Waals surface area contributed by atoms with Crippen molar-refractivity contribution in [2.24, 2.45) is 0 Å². The third-order valence-corrected chi connectivity index (χ3v) is 2.62. The normalized spacial score (nSPS) is 10.4.